The Hall–Kier alpha value is 0.227. The normalized spacial score (nSPS) is 11.3. The maximum atomic E-state index is 10.6. The maximum absolute atomic E-state index is 10.6. The van der Waals surface area contributed by atoms with Crippen molar-refractivity contribution in [1.82, 2.24) is 0 Å². The van der Waals surface area contributed by atoms with Gasteiger partial charge in [0.05, 0.1) is 0 Å². The van der Waals surface area contributed by atoms with Gasteiger partial charge in [0.25, 0.3) is 0 Å². The Labute approximate surface area is 78.0 Å². The zero-order chi connectivity index (χ0) is 8.69. The van der Waals surface area contributed by atoms with Crippen molar-refractivity contribution < 1.29 is 13.6 Å². The quantitative estimate of drug-likeness (QED) is 0.387. The molecular formula is C5H10Cl2O3Si. The Morgan fingerprint density at radius 1 is 1.64 bits per heavy atom. The molecule has 0 aromatic carbocycles. The van der Waals surface area contributed by atoms with Gasteiger partial charge in [0.2, 0.25) is 4.84 Å². The van der Waals surface area contributed by atoms with Crippen molar-refractivity contribution in [2.24, 2.45) is 0 Å². The molecule has 0 bridgehead atoms. The molecule has 0 amide bonds. The van der Waals surface area contributed by atoms with E-state index in [-0.39, 0.29) is 0 Å². The first-order chi connectivity index (χ1) is 5.18. The maximum Gasteiger partial charge on any atom is 0.369 e. The lowest BCUT2D eigenvalue weighted by Crippen LogP contribution is -2.17. The van der Waals surface area contributed by atoms with Gasteiger partial charge in [-0.15, -0.1) is 0 Å². The van der Waals surface area contributed by atoms with Crippen molar-refractivity contribution >= 4 is 39.2 Å². The number of alkyl halides is 2. The summed E-state index contributed by atoms with van der Waals surface area (Å²) in [7, 11) is -1.21. The molecule has 0 aliphatic carbocycles. The Kier molecular flexibility index (Phi) is 7.05. The summed E-state index contributed by atoms with van der Waals surface area (Å²) in [6.45, 7) is 2.59. The monoisotopic (exact) mass is 216 g/mol. The fourth-order valence-corrected chi connectivity index (χ4v) is 1.48. The van der Waals surface area contributed by atoms with Gasteiger partial charge in [-0.25, -0.2) is 0 Å². The van der Waals surface area contributed by atoms with Crippen molar-refractivity contribution in [2.45, 2.75) is 18.2 Å². The van der Waals surface area contributed by atoms with Gasteiger partial charge >= 0.3 is 16.0 Å². The molecule has 0 radical (unpaired) electrons. The summed E-state index contributed by atoms with van der Waals surface area (Å²) in [5.41, 5.74) is 0. The lowest BCUT2D eigenvalue weighted by Gasteiger charge is -2.04. The van der Waals surface area contributed by atoms with E-state index in [2.05, 4.69) is 4.43 Å². The van der Waals surface area contributed by atoms with Crippen molar-refractivity contribution in [3.63, 3.8) is 0 Å². The van der Waals surface area contributed by atoms with E-state index in [9.17, 15) is 4.79 Å². The van der Waals surface area contributed by atoms with Crippen molar-refractivity contribution in [2.75, 3.05) is 6.61 Å². The molecule has 0 fully saturated rings. The third-order valence-corrected chi connectivity index (χ3v) is 2.03. The average Bonchev–Trinajstić information content (AvgIpc) is 1.97. The molecule has 0 aliphatic rings. The highest BCUT2D eigenvalue weighted by Gasteiger charge is 2.11. The molecule has 0 unspecified atom stereocenters. The molecule has 0 heterocycles. The molecule has 0 aromatic heterocycles. The van der Waals surface area contributed by atoms with Crippen LogP contribution >= 0.6 is 23.2 Å². The molecule has 0 spiro atoms. The van der Waals surface area contributed by atoms with Gasteiger partial charge in [0.1, 0.15) is 0 Å². The summed E-state index contributed by atoms with van der Waals surface area (Å²) in [5.74, 6) is -0.615. The molecule has 11 heavy (non-hydrogen) atoms. The topological polar surface area (TPSA) is 35.5 Å². The fourth-order valence-electron chi connectivity index (χ4n) is 0.366. The molecule has 0 N–H and O–H groups in total. The van der Waals surface area contributed by atoms with Crippen molar-refractivity contribution in [3.8, 4) is 0 Å². The molecule has 0 saturated carbocycles. The molecule has 0 atom stereocenters. The zero-order valence-electron chi connectivity index (χ0n) is 6.18. The molecule has 0 aromatic rings. The predicted octanol–water partition coefficient (Wildman–Crippen LogP) is 0.759. The van der Waals surface area contributed by atoms with E-state index in [1.807, 2.05) is 6.92 Å². The van der Waals surface area contributed by atoms with Crippen molar-refractivity contribution in [3.05, 3.63) is 0 Å². The molecular weight excluding hydrogens is 207 g/mol. The number of carbonyl (C=O) groups excluding carboxylic acids is 1. The second kappa shape index (κ2) is 6.91. The minimum Gasteiger partial charge on any atom is -0.497 e. The van der Waals surface area contributed by atoms with Crippen LogP contribution in [0.5, 0.6) is 0 Å². The predicted molar refractivity (Wildman–Crippen MR) is 46.4 cm³/mol. The fraction of sp³-hybridized carbons (Fsp3) is 0.800. The van der Waals surface area contributed by atoms with Gasteiger partial charge in [0, 0.05) is 6.61 Å². The lowest BCUT2D eigenvalue weighted by molar-refractivity contribution is -0.133. The first-order valence-electron chi connectivity index (χ1n) is 3.21. The zero-order valence-corrected chi connectivity index (χ0v) is 9.11. The molecule has 6 heteroatoms. The summed E-state index contributed by atoms with van der Waals surface area (Å²) >= 11 is 10.4. The Balaban J connectivity index is 3.18. The van der Waals surface area contributed by atoms with Gasteiger partial charge < -0.3 is 8.85 Å². The minimum atomic E-state index is -1.21. The first kappa shape index (κ1) is 11.2. The van der Waals surface area contributed by atoms with Crippen LogP contribution in [0.2, 0.25) is 0 Å². The van der Waals surface area contributed by atoms with E-state index >= 15 is 0 Å². The third kappa shape index (κ3) is 6.62. The SMILES string of the molecule is CCCO[SiH2]OC(=O)C(Cl)Cl. The minimum absolute atomic E-state index is 0.615. The summed E-state index contributed by atoms with van der Waals surface area (Å²) < 4.78 is 9.60. The summed E-state index contributed by atoms with van der Waals surface area (Å²) in [5, 5.41) is 0. The van der Waals surface area contributed by atoms with Crippen LogP contribution in [-0.4, -0.2) is 27.4 Å². The van der Waals surface area contributed by atoms with Crippen LogP contribution in [0, 0.1) is 0 Å². The van der Waals surface area contributed by atoms with E-state index in [4.69, 9.17) is 27.6 Å². The molecule has 66 valence electrons. The average molecular weight is 217 g/mol. The Morgan fingerprint density at radius 3 is 2.73 bits per heavy atom. The smallest absolute Gasteiger partial charge is 0.369 e. The number of hydrogen-bond acceptors (Lipinski definition) is 3. The van der Waals surface area contributed by atoms with Gasteiger partial charge in [-0.05, 0) is 6.42 Å². The number of halogens is 2. The van der Waals surface area contributed by atoms with E-state index in [1.165, 1.54) is 0 Å². The van der Waals surface area contributed by atoms with Crippen LogP contribution in [-0.2, 0) is 13.6 Å². The molecule has 0 aliphatic heterocycles. The number of hydrogen-bond donors (Lipinski definition) is 0. The summed E-state index contributed by atoms with van der Waals surface area (Å²) in [4.78, 5) is 9.48. The summed E-state index contributed by atoms with van der Waals surface area (Å²) in [6, 6.07) is 0. The van der Waals surface area contributed by atoms with E-state index in [0.29, 0.717) is 6.61 Å². The number of rotatable bonds is 5. The Bertz CT molecular complexity index is 120. The Morgan fingerprint density at radius 2 is 2.27 bits per heavy atom. The summed E-state index contributed by atoms with van der Waals surface area (Å²) in [6.07, 6.45) is 0.912. The first-order valence-corrected chi connectivity index (χ1v) is 5.23. The number of carbonyl (C=O) groups is 1. The standard InChI is InChI=1S/C5H10Cl2O3Si/c1-2-3-9-11-10-5(8)4(6)7/h4H,2-3,11H2,1H3. The van der Waals surface area contributed by atoms with E-state index < -0.39 is 20.8 Å². The third-order valence-electron chi connectivity index (χ3n) is 0.811. The van der Waals surface area contributed by atoms with Crippen LogP contribution < -0.4 is 0 Å². The van der Waals surface area contributed by atoms with Crippen LogP contribution in [0.4, 0.5) is 0 Å². The molecule has 0 rings (SSSR count). The second-order valence-corrected chi connectivity index (χ2v) is 3.82. The highest BCUT2D eigenvalue weighted by atomic mass is 35.5. The van der Waals surface area contributed by atoms with Crippen LogP contribution in [0.15, 0.2) is 0 Å². The van der Waals surface area contributed by atoms with Gasteiger partial charge in [-0.1, -0.05) is 30.1 Å². The van der Waals surface area contributed by atoms with Crippen LogP contribution in [0.1, 0.15) is 13.3 Å². The largest absolute Gasteiger partial charge is 0.497 e. The highest BCUT2D eigenvalue weighted by molar-refractivity contribution is 6.53. The van der Waals surface area contributed by atoms with Crippen molar-refractivity contribution in [1.29, 1.82) is 0 Å². The highest BCUT2D eigenvalue weighted by Crippen LogP contribution is 2.02. The van der Waals surface area contributed by atoms with Gasteiger partial charge in [-0.2, -0.15) is 0 Å². The van der Waals surface area contributed by atoms with Crippen LogP contribution in [0.3, 0.4) is 0 Å². The van der Waals surface area contributed by atoms with Gasteiger partial charge in [0.15, 0.2) is 0 Å². The van der Waals surface area contributed by atoms with Crippen LogP contribution in [0.25, 0.3) is 0 Å². The molecule has 3 nitrogen and oxygen atoms in total. The second-order valence-electron chi connectivity index (χ2n) is 1.79. The molecule has 0 saturated heterocycles. The van der Waals surface area contributed by atoms with Gasteiger partial charge in [-0.3, -0.25) is 4.79 Å². The van der Waals surface area contributed by atoms with E-state index in [1.54, 1.807) is 0 Å². The van der Waals surface area contributed by atoms with E-state index in [0.717, 1.165) is 6.42 Å². The lowest BCUT2D eigenvalue weighted by atomic mass is 10.5.